The van der Waals surface area contributed by atoms with E-state index in [1.807, 2.05) is 13.8 Å². The Labute approximate surface area is 303 Å². The van der Waals surface area contributed by atoms with Gasteiger partial charge >= 0.3 is 6.03 Å². The number of sulfonamides is 1. The van der Waals surface area contributed by atoms with Crippen LogP contribution in [0.1, 0.15) is 50.4 Å². The second kappa shape index (κ2) is 16.9. The van der Waals surface area contributed by atoms with Crippen molar-refractivity contribution < 1.29 is 42.1 Å². The monoisotopic (exact) mass is 744 g/mol. The highest BCUT2D eigenvalue weighted by Gasteiger charge is 2.31. The highest BCUT2D eigenvalue weighted by molar-refractivity contribution is 7.92. The van der Waals surface area contributed by atoms with Crippen molar-refractivity contribution in [3.63, 3.8) is 0 Å². The first-order valence-corrected chi connectivity index (χ1v) is 18.7. The second-order valence-electron chi connectivity index (χ2n) is 12.9. The molecule has 5 rings (SSSR count). The van der Waals surface area contributed by atoms with Gasteiger partial charge in [0.25, 0.3) is 15.9 Å². The number of likely N-dealkylation sites (N-methyl/N-ethyl adjacent to an activating group) is 1. The van der Waals surface area contributed by atoms with Crippen LogP contribution in [0.15, 0.2) is 65.6 Å². The highest BCUT2D eigenvalue weighted by atomic mass is 35.5. The summed E-state index contributed by atoms with van der Waals surface area (Å²) >= 11 is 5.95. The summed E-state index contributed by atoms with van der Waals surface area (Å²) in [7, 11) is -2.33. The fraction of sp³-hybridized carbons (Fsp3) is 0.444. The van der Waals surface area contributed by atoms with E-state index in [1.54, 1.807) is 44.3 Å². The molecule has 51 heavy (non-hydrogen) atoms. The van der Waals surface area contributed by atoms with Gasteiger partial charge < -0.3 is 39.2 Å². The van der Waals surface area contributed by atoms with Gasteiger partial charge in [0.05, 0.1) is 35.3 Å². The molecule has 13 nitrogen and oxygen atoms in total. The van der Waals surface area contributed by atoms with Crippen LogP contribution in [0.5, 0.6) is 17.2 Å². The number of aliphatic hydroxyl groups excluding tert-OH is 1. The number of anilines is 2. The number of amides is 3. The summed E-state index contributed by atoms with van der Waals surface area (Å²) in [5.74, 6) is 0.714. The van der Waals surface area contributed by atoms with Crippen LogP contribution < -0.4 is 24.2 Å². The minimum absolute atomic E-state index is 0.00752. The summed E-state index contributed by atoms with van der Waals surface area (Å²) in [6.45, 7) is 6.20. The van der Waals surface area contributed by atoms with E-state index in [0.717, 1.165) is 12.8 Å². The van der Waals surface area contributed by atoms with E-state index in [-0.39, 0.29) is 60.7 Å². The summed E-state index contributed by atoms with van der Waals surface area (Å²) in [5, 5.41) is 13.5. The van der Waals surface area contributed by atoms with Gasteiger partial charge in [0.15, 0.2) is 11.5 Å². The van der Waals surface area contributed by atoms with Crippen LogP contribution in [0.2, 0.25) is 5.02 Å². The molecule has 0 fully saturated rings. The number of carbonyl (C=O) groups is 2. The summed E-state index contributed by atoms with van der Waals surface area (Å²) in [6, 6.07) is 14.5. The van der Waals surface area contributed by atoms with Gasteiger partial charge in [-0.15, -0.1) is 0 Å². The first-order chi connectivity index (χ1) is 24.3. The maximum absolute atomic E-state index is 14.4. The Balaban J connectivity index is 1.39. The summed E-state index contributed by atoms with van der Waals surface area (Å²) < 4.78 is 52.4. The summed E-state index contributed by atoms with van der Waals surface area (Å²) in [5.41, 5.74) is 0.852. The van der Waals surface area contributed by atoms with Gasteiger partial charge in [-0.05, 0) is 87.7 Å². The van der Waals surface area contributed by atoms with Crippen molar-refractivity contribution in [3.05, 3.63) is 71.2 Å². The molecule has 2 aliphatic rings. The number of aliphatic hydroxyl groups is 1. The zero-order valence-corrected chi connectivity index (χ0v) is 30.7. The van der Waals surface area contributed by atoms with E-state index in [4.69, 9.17) is 30.5 Å². The Bertz CT molecular complexity index is 1790. The average Bonchev–Trinajstić information content (AvgIpc) is 3.57. The molecule has 0 aliphatic carbocycles. The molecule has 0 unspecified atom stereocenters. The maximum Gasteiger partial charge on any atom is 0.321 e. The third-order valence-corrected chi connectivity index (χ3v) is 10.5. The lowest BCUT2D eigenvalue weighted by molar-refractivity contribution is -0.0115. The lowest BCUT2D eigenvalue weighted by Crippen LogP contribution is -2.48. The predicted octanol–water partition coefficient (Wildman–Crippen LogP) is 5.83. The van der Waals surface area contributed by atoms with Gasteiger partial charge in [0.1, 0.15) is 5.75 Å². The number of fused-ring (bicyclic) bond motifs is 2. The number of benzene rings is 3. The summed E-state index contributed by atoms with van der Waals surface area (Å²) in [6.07, 6.45) is 1.49. The molecule has 0 bridgehead atoms. The first-order valence-electron chi connectivity index (χ1n) is 16.9. The minimum atomic E-state index is -4.01. The molecule has 4 atom stereocenters. The van der Waals surface area contributed by atoms with E-state index in [2.05, 4.69) is 10.0 Å². The van der Waals surface area contributed by atoms with Crippen LogP contribution >= 0.6 is 11.6 Å². The number of rotatable bonds is 8. The van der Waals surface area contributed by atoms with Crippen LogP contribution in [0.3, 0.4) is 0 Å². The largest absolute Gasteiger partial charge is 0.490 e. The van der Waals surface area contributed by atoms with Gasteiger partial charge in [-0.2, -0.15) is 0 Å². The Morgan fingerprint density at radius 2 is 1.73 bits per heavy atom. The molecule has 0 radical (unpaired) electrons. The minimum Gasteiger partial charge on any atom is -0.490 e. The molecule has 0 spiro atoms. The topological polar surface area (TPSA) is 156 Å². The molecular formula is C36H45ClN4O9S. The molecule has 3 amide bonds. The lowest BCUT2D eigenvalue weighted by Gasteiger charge is -2.35. The number of hydrogen-bond donors (Lipinski definition) is 3. The zero-order valence-electron chi connectivity index (χ0n) is 29.1. The Hall–Kier alpha value is -4.24. The molecule has 0 saturated heterocycles. The molecule has 15 heteroatoms. The van der Waals surface area contributed by atoms with Crippen LogP contribution in [-0.4, -0.2) is 93.7 Å². The molecule has 3 aromatic carbocycles. The molecule has 3 aromatic rings. The SMILES string of the molecule is C[C@@H]1CN([C@H](C)CO)C(=O)c2cc(NS(=O)(=O)c3ccc(Cl)cc3)ccc2O[C@@H](C)CCCCO[C@H]1CN(C)C(=O)Nc1ccc2c(c1)OCO2. The molecule has 2 heterocycles. The highest BCUT2D eigenvalue weighted by Crippen LogP contribution is 2.34. The quantitative estimate of drug-likeness (QED) is 0.258. The Morgan fingerprint density at radius 3 is 2.47 bits per heavy atom. The van der Waals surface area contributed by atoms with Crippen molar-refractivity contribution in [2.75, 3.05) is 50.2 Å². The van der Waals surface area contributed by atoms with E-state index in [0.29, 0.717) is 41.0 Å². The maximum atomic E-state index is 14.4. The normalized spacial score (nSPS) is 20.4. The number of hydrogen-bond acceptors (Lipinski definition) is 9. The Morgan fingerprint density at radius 1 is 1.02 bits per heavy atom. The number of nitrogens with one attached hydrogen (secondary N) is 2. The number of halogens is 1. The fourth-order valence-electron chi connectivity index (χ4n) is 5.82. The molecule has 0 aromatic heterocycles. The molecule has 276 valence electrons. The van der Waals surface area contributed by atoms with Gasteiger partial charge in [0.2, 0.25) is 6.79 Å². The van der Waals surface area contributed by atoms with Crippen molar-refractivity contribution in [1.82, 2.24) is 9.80 Å². The third-order valence-electron chi connectivity index (χ3n) is 8.85. The van der Waals surface area contributed by atoms with E-state index in [9.17, 15) is 23.1 Å². The Kier molecular flexibility index (Phi) is 12.6. The smallest absolute Gasteiger partial charge is 0.321 e. The molecule has 3 N–H and O–H groups in total. The van der Waals surface area contributed by atoms with Crippen molar-refractivity contribution in [2.24, 2.45) is 5.92 Å². The lowest BCUT2D eigenvalue weighted by atomic mass is 10.0. The van der Waals surface area contributed by atoms with Crippen LogP contribution in [0.4, 0.5) is 16.2 Å². The van der Waals surface area contributed by atoms with E-state index < -0.39 is 28.1 Å². The fourth-order valence-corrected chi connectivity index (χ4v) is 7.00. The number of ether oxygens (including phenoxy) is 4. The standard InChI is InChI=1S/C36H45ClN4O9S/c1-23-19-41(24(2)21-42)35(43)30-17-28(39-51(45,46)29-12-8-26(37)9-13-29)11-14-31(30)50-25(3)7-5-6-16-47-34(23)20-40(4)36(44)38-27-10-15-32-33(18-27)49-22-48-32/h8-15,17-18,23-25,34,39,42H,5-7,16,19-22H2,1-4H3,(H,38,44)/t23-,24-,25+,34+/m1/s1. The van der Waals surface area contributed by atoms with Crippen LogP contribution in [0, 0.1) is 5.92 Å². The average molecular weight is 745 g/mol. The predicted molar refractivity (Wildman–Crippen MR) is 193 cm³/mol. The first kappa shape index (κ1) is 38.0. The van der Waals surface area contributed by atoms with Crippen LogP contribution in [-0.2, 0) is 14.8 Å². The second-order valence-corrected chi connectivity index (χ2v) is 15.1. The number of nitrogens with zero attached hydrogens (tertiary/aromatic N) is 2. The molecule has 0 saturated carbocycles. The molecule has 2 aliphatic heterocycles. The van der Waals surface area contributed by atoms with Crippen LogP contribution in [0.25, 0.3) is 0 Å². The third kappa shape index (κ3) is 9.76. The van der Waals surface area contributed by atoms with Crippen molar-refractivity contribution in [3.8, 4) is 17.2 Å². The van der Waals surface area contributed by atoms with Gasteiger partial charge in [-0.25, -0.2) is 13.2 Å². The van der Waals surface area contributed by atoms with Gasteiger partial charge in [0, 0.05) is 55.1 Å². The zero-order chi connectivity index (χ0) is 36.7. The van der Waals surface area contributed by atoms with E-state index in [1.165, 1.54) is 40.1 Å². The molecular weight excluding hydrogens is 700 g/mol. The number of urea groups is 1. The van der Waals surface area contributed by atoms with Gasteiger partial charge in [-0.1, -0.05) is 18.5 Å². The van der Waals surface area contributed by atoms with Gasteiger partial charge in [-0.3, -0.25) is 9.52 Å². The van der Waals surface area contributed by atoms with E-state index >= 15 is 0 Å². The summed E-state index contributed by atoms with van der Waals surface area (Å²) in [4.78, 5) is 30.7. The number of carbonyl (C=O) groups excluding carboxylic acids is 2. The van der Waals surface area contributed by atoms with Crippen molar-refractivity contribution in [2.45, 2.75) is 63.2 Å². The van der Waals surface area contributed by atoms with Crippen molar-refractivity contribution >= 4 is 44.9 Å². The van der Waals surface area contributed by atoms with Crippen molar-refractivity contribution in [1.29, 1.82) is 0 Å².